The number of rotatable bonds is 7. The highest BCUT2D eigenvalue weighted by Crippen LogP contribution is 2.25. The molecule has 16 heavy (non-hydrogen) atoms. The maximum Gasteiger partial charge on any atom is 0.159 e. The van der Waals surface area contributed by atoms with Crippen molar-refractivity contribution >= 4 is 32.9 Å². The van der Waals surface area contributed by atoms with Crippen molar-refractivity contribution < 1.29 is 0 Å². The molecule has 1 aliphatic heterocycles. The normalized spacial score (nSPS) is 19.9. The Labute approximate surface area is 112 Å². The first-order chi connectivity index (χ1) is 7.81. The molecule has 0 saturated heterocycles. The Morgan fingerprint density at radius 1 is 1.31 bits per heavy atom. The van der Waals surface area contributed by atoms with Crippen LogP contribution in [0, 0.1) is 0 Å². The second kappa shape index (κ2) is 8.40. The molecule has 0 N–H and O–H groups in total. The predicted molar refractivity (Wildman–Crippen MR) is 78.9 cm³/mol. The molecule has 2 nitrogen and oxygen atoms in total. The van der Waals surface area contributed by atoms with Gasteiger partial charge in [0, 0.05) is 23.7 Å². The highest BCUT2D eigenvalue weighted by Gasteiger charge is 2.22. The summed E-state index contributed by atoms with van der Waals surface area (Å²) in [5.74, 6) is 0. The number of amidine groups is 1. The zero-order valence-corrected chi connectivity index (χ0v) is 12.8. The maximum absolute atomic E-state index is 4.67. The fourth-order valence-corrected chi connectivity index (χ4v) is 3.25. The molecule has 1 atom stereocenters. The predicted octanol–water partition coefficient (Wildman–Crippen LogP) is 3.75. The van der Waals surface area contributed by atoms with E-state index < -0.39 is 0 Å². The summed E-state index contributed by atoms with van der Waals surface area (Å²) in [4.78, 5) is 7.16. The number of aliphatic imine (C=N–C) groups is 1. The van der Waals surface area contributed by atoms with Gasteiger partial charge in [0.2, 0.25) is 0 Å². The highest BCUT2D eigenvalue weighted by atomic mass is 79.9. The van der Waals surface area contributed by atoms with Crippen LogP contribution in [-0.4, -0.2) is 40.3 Å². The van der Waals surface area contributed by atoms with E-state index in [9.17, 15) is 0 Å². The third-order valence-corrected chi connectivity index (χ3v) is 5.17. The van der Waals surface area contributed by atoms with Crippen LogP contribution in [0.15, 0.2) is 4.99 Å². The number of nitrogens with zero attached hydrogens (tertiary/aromatic N) is 2. The lowest BCUT2D eigenvalue weighted by atomic mass is 10.3. The second-order valence-electron chi connectivity index (χ2n) is 4.21. The molecule has 0 spiro atoms. The minimum atomic E-state index is 0.653. The number of halogens is 1. The number of thioether (sulfide) groups is 1. The average Bonchev–Trinajstić information content (AvgIpc) is 2.78. The van der Waals surface area contributed by atoms with Crippen molar-refractivity contribution in [2.45, 2.75) is 44.8 Å². The molecule has 1 aliphatic rings. The van der Waals surface area contributed by atoms with Gasteiger partial charge < -0.3 is 4.90 Å². The molecule has 1 heterocycles. The smallest absolute Gasteiger partial charge is 0.159 e. The SMILES string of the molecule is CCCCN(CCCC)C1=NCC(CBr)S1. The summed E-state index contributed by atoms with van der Waals surface area (Å²) in [6.07, 6.45) is 5.09. The Kier molecular flexibility index (Phi) is 7.54. The van der Waals surface area contributed by atoms with Gasteiger partial charge in [-0.2, -0.15) is 0 Å². The van der Waals surface area contributed by atoms with Crippen LogP contribution in [0.3, 0.4) is 0 Å². The summed E-state index contributed by atoms with van der Waals surface area (Å²) in [5.41, 5.74) is 0. The summed E-state index contributed by atoms with van der Waals surface area (Å²) >= 11 is 5.49. The summed E-state index contributed by atoms with van der Waals surface area (Å²) in [5, 5.41) is 2.99. The van der Waals surface area contributed by atoms with Crippen LogP contribution in [0.5, 0.6) is 0 Å². The maximum atomic E-state index is 4.67. The van der Waals surface area contributed by atoms with Crippen LogP contribution in [0.25, 0.3) is 0 Å². The van der Waals surface area contributed by atoms with Crippen LogP contribution < -0.4 is 0 Å². The van der Waals surface area contributed by atoms with Crippen LogP contribution in [-0.2, 0) is 0 Å². The fourth-order valence-electron chi connectivity index (χ4n) is 1.66. The molecule has 1 rings (SSSR count). The van der Waals surface area contributed by atoms with Gasteiger partial charge in [0.1, 0.15) is 0 Å². The van der Waals surface area contributed by atoms with Crippen molar-refractivity contribution in [2.24, 2.45) is 4.99 Å². The van der Waals surface area contributed by atoms with Gasteiger partial charge in [0.15, 0.2) is 5.17 Å². The lowest BCUT2D eigenvalue weighted by Gasteiger charge is -2.24. The fraction of sp³-hybridized carbons (Fsp3) is 0.917. The van der Waals surface area contributed by atoms with Crippen molar-refractivity contribution in [1.29, 1.82) is 0 Å². The molecule has 1 unspecified atom stereocenters. The summed E-state index contributed by atoms with van der Waals surface area (Å²) in [6, 6.07) is 0. The largest absolute Gasteiger partial charge is 0.351 e. The van der Waals surface area contributed by atoms with Gasteiger partial charge in [-0.05, 0) is 12.8 Å². The molecule has 0 saturated carbocycles. The van der Waals surface area contributed by atoms with Crippen molar-refractivity contribution in [3.63, 3.8) is 0 Å². The standard InChI is InChI=1S/C12H23BrN2S/c1-3-5-7-15(8-6-4-2)12-14-10-11(9-13)16-12/h11H,3-10H2,1-2H3. The summed E-state index contributed by atoms with van der Waals surface area (Å²) in [7, 11) is 0. The Hall–Kier alpha value is 0.300. The van der Waals surface area contributed by atoms with E-state index in [-0.39, 0.29) is 0 Å². The quantitative estimate of drug-likeness (QED) is 0.666. The van der Waals surface area contributed by atoms with E-state index >= 15 is 0 Å². The van der Waals surface area contributed by atoms with E-state index in [4.69, 9.17) is 0 Å². The second-order valence-corrected chi connectivity index (χ2v) is 6.13. The lowest BCUT2D eigenvalue weighted by molar-refractivity contribution is 0.405. The number of unbranched alkanes of at least 4 members (excludes halogenated alkanes) is 2. The van der Waals surface area contributed by atoms with Crippen LogP contribution in [0.4, 0.5) is 0 Å². The molecule has 0 aromatic rings. The Bertz CT molecular complexity index is 213. The molecule has 94 valence electrons. The van der Waals surface area contributed by atoms with E-state index in [1.54, 1.807) is 0 Å². The Morgan fingerprint density at radius 3 is 2.38 bits per heavy atom. The molecule has 0 aromatic carbocycles. The summed E-state index contributed by atoms with van der Waals surface area (Å²) < 4.78 is 0. The number of alkyl halides is 1. The number of hydrogen-bond donors (Lipinski definition) is 0. The Morgan fingerprint density at radius 2 is 1.94 bits per heavy atom. The van der Waals surface area contributed by atoms with Gasteiger partial charge in [-0.25, -0.2) is 0 Å². The van der Waals surface area contributed by atoms with Gasteiger partial charge in [-0.3, -0.25) is 4.99 Å². The topological polar surface area (TPSA) is 15.6 Å². The van der Waals surface area contributed by atoms with Crippen molar-refractivity contribution in [3.8, 4) is 0 Å². The van der Waals surface area contributed by atoms with E-state index in [0.717, 1.165) is 11.9 Å². The minimum Gasteiger partial charge on any atom is -0.351 e. The minimum absolute atomic E-state index is 0.653. The third kappa shape index (κ3) is 4.66. The van der Waals surface area contributed by atoms with E-state index in [1.807, 2.05) is 11.8 Å². The monoisotopic (exact) mass is 306 g/mol. The van der Waals surface area contributed by atoms with Crippen LogP contribution in [0.2, 0.25) is 0 Å². The summed E-state index contributed by atoms with van der Waals surface area (Å²) in [6.45, 7) is 7.85. The highest BCUT2D eigenvalue weighted by molar-refractivity contribution is 9.09. The Balaban J connectivity index is 2.41. The van der Waals surface area contributed by atoms with Crippen molar-refractivity contribution in [1.82, 2.24) is 4.90 Å². The molecule has 0 amide bonds. The zero-order chi connectivity index (χ0) is 11.8. The molecular weight excluding hydrogens is 284 g/mol. The van der Waals surface area contributed by atoms with Gasteiger partial charge in [-0.15, -0.1) is 0 Å². The van der Waals surface area contributed by atoms with E-state index in [0.29, 0.717) is 5.25 Å². The van der Waals surface area contributed by atoms with Gasteiger partial charge in [-0.1, -0.05) is 54.4 Å². The molecule has 0 aliphatic carbocycles. The van der Waals surface area contributed by atoms with Crippen LogP contribution >= 0.6 is 27.7 Å². The van der Waals surface area contributed by atoms with Crippen molar-refractivity contribution in [3.05, 3.63) is 0 Å². The van der Waals surface area contributed by atoms with Gasteiger partial charge in [0.05, 0.1) is 6.54 Å². The molecule has 4 heteroatoms. The van der Waals surface area contributed by atoms with E-state index in [1.165, 1.54) is 43.9 Å². The molecule has 0 bridgehead atoms. The molecule has 0 aromatic heterocycles. The first-order valence-electron chi connectivity index (χ1n) is 6.33. The first kappa shape index (κ1) is 14.4. The molecule has 0 radical (unpaired) electrons. The van der Waals surface area contributed by atoms with E-state index in [2.05, 4.69) is 39.7 Å². The molecule has 0 fully saturated rings. The van der Waals surface area contributed by atoms with Crippen LogP contribution in [0.1, 0.15) is 39.5 Å². The first-order valence-corrected chi connectivity index (χ1v) is 8.33. The average molecular weight is 307 g/mol. The molecular formula is C12H23BrN2S. The van der Waals surface area contributed by atoms with Crippen molar-refractivity contribution in [2.75, 3.05) is 25.0 Å². The third-order valence-electron chi connectivity index (χ3n) is 2.71. The zero-order valence-electron chi connectivity index (χ0n) is 10.4. The number of hydrogen-bond acceptors (Lipinski definition) is 3. The van der Waals surface area contributed by atoms with Gasteiger partial charge in [0.25, 0.3) is 0 Å². The lowest BCUT2D eigenvalue weighted by Crippen LogP contribution is -2.30. The van der Waals surface area contributed by atoms with Gasteiger partial charge >= 0.3 is 0 Å².